The molecule has 2 aromatic rings. The molecule has 0 unspecified atom stereocenters. The number of carbonyl (C=O) groups is 1. The zero-order valence-corrected chi connectivity index (χ0v) is 13.8. The third kappa shape index (κ3) is 4.11. The van der Waals surface area contributed by atoms with Crippen LogP contribution in [0.1, 0.15) is 17.9 Å². The predicted molar refractivity (Wildman–Crippen MR) is 90.8 cm³/mol. The van der Waals surface area contributed by atoms with E-state index in [4.69, 9.17) is 0 Å². The Kier molecular flexibility index (Phi) is 4.28. The van der Waals surface area contributed by atoms with E-state index in [0.29, 0.717) is 11.4 Å². The number of rotatable bonds is 5. The first-order chi connectivity index (χ1) is 11.3. The molecular weight excluding hydrogens is 331 g/mol. The summed E-state index contributed by atoms with van der Waals surface area (Å²) in [5.41, 5.74) is 2.00. The lowest BCUT2D eigenvalue weighted by Crippen LogP contribution is -2.14. The maximum atomic E-state index is 12.9. The summed E-state index contributed by atoms with van der Waals surface area (Å²) in [6.45, 7) is 0. The molecule has 1 aliphatic rings. The van der Waals surface area contributed by atoms with Crippen LogP contribution in [0.4, 0.5) is 15.8 Å². The van der Waals surface area contributed by atoms with Gasteiger partial charge in [-0.3, -0.25) is 9.52 Å². The van der Waals surface area contributed by atoms with Gasteiger partial charge in [0.25, 0.3) is 0 Å². The monoisotopic (exact) mass is 348 g/mol. The minimum Gasteiger partial charge on any atom is -0.326 e. The Labute approximate surface area is 139 Å². The van der Waals surface area contributed by atoms with Crippen LogP contribution in [0.25, 0.3) is 0 Å². The van der Waals surface area contributed by atoms with E-state index in [9.17, 15) is 17.6 Å². The van der Waals surface area contributed by atoms with Gasteiger partial charge in [0.05, 0.1) is 6.26 Å². The summed E-state index contributed by atoms with van der Waals surface area (Å²) in [5.74, 6) is -0.377. The first-order valence-electron chi connectivity index (χ1n) is 7.46. The van der Waals surface area contributed by atoms with E-state index in [1.165, 1.54) is 12.1 Å². The Balaban J connectivity index is 1.59. The van der Waals surface area contributed by atoms with Crippen molar-refractivity contribution in [3.8, 4) is 0 Å². The summed E-state index contributed by atoms with van der Waals surface area (Å²) >= 11 is 0. The number of sulfonamides is 1. The van der Waals surface area contributed by atoms with Gasteiger partial charge in [-0.05, 0) is 54.3 Å². The molecule has 0 radical (unpaired) electrons. The summed E-state index contributed by atoms with van der Waals surface area (Å²) in [6.07, 6.45) is 1.82. The standard InChI is InChI=1S/C17H17FN2O3S/c1-24(22,23)20-14-8-6-13(7-9-14)19-17(21)16-10-15(16)11-2-4-12(18)5-3-11/h2-9,15-16,20H,10H2,1H3,(H,19,21)/t15-,16-/m0/s1. The number of halogens is 1. The molecule has 7 heteroatoms. The Morgan fingerprint density at radius 2 is 1.62 bits per heavy atom. The fourth-order valence-electron chi connectivity index (χ4n) is 2.63. The molecule has 126 valence electrons. The SMILES string of the molecule is CS(=O)(=O)Nc1ccc(NC(=O)[C@H]2C[C@H]2c2ccc(F)cc2)cc1. The smallest absolute Gasteiger partial charge is 0.229 e. The van der Waals surface area contributed by atoms with Gasteiger partial charge in [-0.1, -0.05) is 12.1 Å². The molecule has 2 aromatic carbocycles. The summed E-state index contributed by atoms with van der Waals surface area (Å²) in [7, 11) is -3.32. The number of anilines is 2. The molecule has 0 bridgehead atoms. The van der Waals surface area contributed by atoms with E-state index in [0.717, 1.165) is 18.2 Å². The van der Waals surface area contributed by atoms with Crippen molar-refractivity contribution in [2.24, 2.45) is 5.92 Å². The highest BCUT2D eigenvalue weighted by Gasteiger charge is 2.43. The molecule has 0 aromatic heterocycles. The molecule has 24 heavy (non-hydrogen) atoms. The van der Waals surface area contributed by atoms with Crippen LogP contribution in [-0.2, 0) is 14.8 Å². The first-order valence-corrected chi connectivity index (χ1v) is 9.35. The first kappa shape index (κ1) is 16.4. The van der Waals surface area contributed by atoms with E-state index in [2.05, 4.69) is 10.0 Å². The largest absolute Gasteiger partial charge is 0.326 e. The zero-order chi connectivity index (χ0) is 17.3. The Morgan fingerprint density at radius 3 is 2.21 bits per heavy atom. The number of hydrogen-bond acceptors (Lipinski definition) is 3. The second kappa shape index (κ2) is 6.24. The molecule has 0 aliphatic heterocycles. The average molecular weight is 348 g/mol. The molecule has 1 amide bonds. The Hall–Kier alpha value is -2.41. The van der Waals surface area contributed by atoms with Crippen molar-refractivity contribution in [2.75, 3.05) is 16.3 Å². The highest BCUT2D eigenvalue weighted by Crippen LogP contribution is 2.48. The Morgan fingerprint density at radius 1 is 1.04 bits per heavy atom. The van der Waals surface area contributed by atoms with Crippen molar-refractivity contribution < 1.29 is 17.6 Å². The summed E-state index contributed by atoms with van der Waals surface area (Å²) < 4.78 is 37.6. The van der Waals surface area contributed by atoms with Gasteiger partial charge in [0.15, 0.2) is 0 Å². The Bertz CT molecular complexity index is 848. The van der Waals surface area contributed by atoms with Gasteiger partial charge in [0, 0.05) is 17.3 Å². The molecule has 2 N–H and O–H groups in total. The van der Waals surface area contributed by atoms with Crippen LogP contribution in [0, 0.1) is 11.7 Å². The second-order valence-electron chi connectivity index (χ2n) is 5.94. The van der Waals surface area contributed by atoms with E-state index in [-0.39, 0.29) is 23.6 Å². The minimum atomic E-state index is -3.32. The molecule has 0 spiro atoms. The van der Waals surface area contributed by atoms with Crippen LogP contribution >= 0.6 is 0 Å². The molecule has 2 atom stereocenters. The lowest BCUT2D eigenvalue weighted by Gasteiger charge is -2.07. The van der Waals surface area contributed by atoms with Crippen molar-refractivity contribution >= 4 is 27.3 Å². The predicted octanol–water partition coefficient (Wildman–Crippen LogP) is 2.94. The fraction of sp³-hybridized carbons (Fsp3) is 0.235. The average Bonchev–Trinajstić information content (AvgIpc) is 3.29. The lowest BCUT2D eigenvalue weighted by atomic mass is 10.1. The van der Waals surface area contributed by atoms with E-state index < -0.39 is 10.0 Å². The molecule has 0 saturated heterocycles. The number of hydrogen-bond donors (Lipinski definition) is 2. The van der Waals surface area contributed by atoms with E-state index >= 15 is 0 Å². The van der Waals surface area contributed by atoms with E-state index in [1.807, 2.05) is 0 Å². The van der Waals surface area contributed by atoms with Crippen molar-refractivity contribution in [2.45, 2.75) is 12.3 Å². The third-order valence-electron chi connectivity index (χ3n) is 3.88. The van der Waals surface area contributed by atoms with Gasteiger partial charge in [-0.2, -0.15) is 0 Å². The molecule has 0 heterocycles. The molecule has 1 fully saturated rings. The minimum absolute atomic E-state index is 0.0897. The zero-order valence-electron chi connectivity index (χ0n) is 13.0. The molecule has 3 rings (SSSR count). The number of amides is 1. The van der Waals surface area contributed by atoms with Crippen molar-refractivity contribution in [3.05, 3.63) is 59.9 Å². The van der Waals surface area contributed by atoms with Gasteiger partial charge in [0.1, 0.15) is 5.82 Å². The quantitative estimate of drug-likeness (QED) is 0.872. The van der Waals surface area contributed by atoms with Crippen molar-refractivity contribution in [1.82, 2.24) is 0 Å². The van der Waals surface area contributed by atoms with Gasteiger partial charge in [0.2, 0.25) is 15.9 Å². The van der Waals surface area contributed by atoms with Crippen LogP contribution in [0.5, 0.6) is 0 Å². The van der Waals surface area contributed by atoms with Gasteiger partial charge in [-0.25, -0.2) is 12.8 Å². The molecular formula is C17H17FN2O3S. The van der Waals surface area contributed by atoms with Gasteiger partial charge >= 0.3 is 0 Å². The second-order valence-corrected chi connectivity index (χ2v) is 7.69. The van der Waals surface area contributed by atoms with Gasteiger partial charge < -0.3 is 5.32 Å². The molecule has 1 aliphatic carbocycles. The number of carbonyl (C=O) groups excluding carboxylic acids is 1. The topological polar surface area (TPSA) is 75.3 Å². The van der Waals surface area contributed by atoms with Crippen LogP contribution in [0.3, 0.4) is 0 Å². The van der Waals surface area contributed by atoms with Crippen LogP contribution < -0.4 is 10.0 Å². The summed E-state index contributed by atoms with van der Waals surface area (Å²) in [5, 5.41) is 2.81. The highest BCUT2D eigenvalue weighted by atomic mass is 32.2. The van der Waals surface area contributed by atoms with E-state index in [1.54, 1.807) is 36.4 Å². The normalized spacial score (nSPS) is 19.6. The van der Waals surface area contributed by atoms with Crippen LogP contribution in [0.15, 0.2) is 48.5 Å². The lowest BCUT2D eigenvalue weighted by molar-refractivity contribution is -0.117. The third-order valence-corrected chi connectivity index (χ3v) is 4.49. The molecule has 5 nitrogen and oxygen atoms in total. The van der Waals surface area contributed by atoms with Gasteiger partial charge in [-0.15, -0.1) is 0 Å². The van der Waals surface area contributed by atoms with Crippen LogP contribution in [0.2, 0.25) is 0 Å². The maximum Gasteiger partial charge on any atom is 0.229 e. The van der Waals surface area contributed by atoms with Crippen molar-refractivity contribution in [3.63, 3.8) is 0 Å². The van der Waals surface area contributed by atoms with Crippen molar-refractivity contribution in [1.29, 1.82) is 0 Å². The number of nitrogens with one attached hydrogen (secondary N) is 2. The summed E-state index contributed by atoms with van der Waals surface area (Å²) in [4.78, 5) is 12.2. The molecule has 1 saturated carbocycles. The fourth-order valence-corrected chi connectivity index (χ4v) is 3.20. The van der Waals surface area contributed by atoms with Crippen LogP contribution in [-0.4, -0.2) is 20.6 Å². The summed E-state index contributed by atoms with van der Waals surface area (Å²) in [6, 6.07) is 12.7. The maximum absolute atomic E-state index is 12.9. The number of benzene rings is 2. The highest BCUT2D eigenvalue weighted by molar-refractivity contribution is 7.92.